The molecule has 0 spiro atoms. The van der Waals surface area contributed by atoms with Crippen LogP contribution in [0.5, 0.6) is 0 Å². The van der Waals surface area contributed by atoms with Crippen LogP contribution in [-0.4, -0.2) is 26.6 Å². The topological polar surface area (TPSA) is 83.5 Å². The highest BCUT2D eigenvalue weighted by molar-refractivity contribution is 5.66. The van der Waals surface area contributed by atoms with E-state index in [9.17, 15) is 5.11 Å². The lowest BCUT2D eigenvalue weighted by molar-refractivity contribution is 0.244. The molecule has 0 unspecified atom stereocenters. The first kappa shape index (κ1) is 16.3. The number of hydrogen-bond acceptors (Lipinski definition) is 5. The molecular formula is C18H21N3O3. The fraction of sp³-hybridized carbons (Fsp3) is 0.278. The van der Waals surface area contributed by atoms with Crippen molar-refractivity contribution in [3.8, 4) is 11.3 Å². The second-order valence-corrected chi connectivity index (χ2v) is 5.56. The maximum absolute atomic E-state index is 9.26. The Morgan fingerprint density at radius 1 is 1.12 bits per heavy atom. The summed E-state index contributed by atoms with van der Waals surface area (Å²) in [6.07, 6.45) is 0. The number of aryl methyl sites for hydroxylation is 1. The van der Waals surface area contributed by atoms with E-state index in [1.165, 1.54) is 0 Å². The first-order valence-electron chi connectivity index (χ1n) is 7.88. The van der Waals surface area contributed by atoms with Crippen molar-refractivity contribution in [1.29, 1.82) is 0 Å². The molecule has 0 atom stereocenters. The van der Waals surface area contributed by atoms with E-state index in [2.05, 4.69) is 10.4 Å². The molecule has 0 radical (unpaired) electrons. The summed E-state index contributed by atoms with van der Waals surface area (Å²) < 4.78 is 7.22. The van der Waals surface area contributed by atoms with E-state index in [1.807, 2.05) is 43.3 Å². The predicted octanol–water partition coefficient (Wildman–Crippen LogP) is 2.55. The van der Waals surface area contributed by atoms with Crippen LogP contribution in [0.1, 0.15) is 17.1 Å². The van der Waals surface area contributed by atoms with Gasteiger partial charge >= 0.3 is 0 Å². The van der Waals surface area contributed by atoms with Crippen molar-refractivity contribution in [2.75, 3.05) is 11.9 Å². The first-order chi connectivity index (χ1) is 11.7. The van der Waals surface area contributed by atoms with Gasteiger partial charge < -0.3 is 19.9 Å². The van der Waals surface area contributed by atoms with Gasteiger partial charge in [0.15, 0.2) is 0 Å². The van der Waals surface area contributed by atoms with E-state index in [-0.39, 0.29) is 13.2 Å². The van der Waals surface area contributed by atoms with Crippen molar-refractivity contribution in [3.63, 3.8) is 0 Å². The van der Waals surface area contributed by atoms with Crippen LogP contribution in [0.2, 0.25) is 0 Å². The number of furan rings is 1. The molecule has 6 heteroatoms. The molecule has 3 rings (SSSR count). The van der Waals surface area contributed by atoms with Gasteiger partial charge in [-0.15, -0.1) is 0 Å². The van der Waals surface area contributed by atoms with Gasteiger partial charge in [0.2, 0.25) is 0 Å². The summed E-state index contributed by atoms with van der Waals surface area (Å²) >= 11 is 0. The summed E-state index contributed by atoms with van der Waals surface area (Å²) in [7, 11) is 0. The average molecular weight is 327 g/mol. The number of nitrogens with zero attached hydrogens (tertiary/aromatic N) is 2. The third-order valence-corrected chi connectivity index (χ3v) is 3.83. The van der Waals surface area contributed by atoms with Crippen LogP contribution in [0.25, 0.3) is 11.3 Å². The molecule has 3 N–H and O–H groups in total. The Kier molecular flexibility index (Phi) is 4.98. The summed E-state index contributed by atoms with van der Waals surface area (Å²) in [5.74, 6) is 2.08. The molecule has 0 amide bonds. The van der Waals surface area contributed by atoms with Crippen molar-refractivity contribution < 1.29 is 14.6 Å². The minimum absolute atomic E-state index is 0.0129. The Balaban J connectivity index is 1.82. The molecule has 0 fully saturated rings. The van der Waals surface area contributed by atoms with Gasteiger partial charge in [-0.05, 0) is 24.6 Å². The molecule has 0 aliphatic heterocycles. The van der Waals surface area contributed by atoms with Crippen LogP contribution in [-0.2, 0) is 19.7 Å². The number of aliphatic hydroxyl groups is 2. The lowest BCUT2D eigenvalue weighted by Crippen LogP contribution is -2.10. The lowest BCUT2D eigenvalue weighted by atomic mass is 10.1. The van der Waals surface area contributed by atoms with Crippen LogP contribution < -0.4 is 5.32 Å². The molecule has 1 aromatic carbocycles. The summed E-state index contributed by atoms with van der Waals surface area (Å²) in [5.41, 5.74) is 3.08. The molecule has 2 heterocycles. The predicted molar refractivity (Wildman–Crippen MR) is 91.4 cm³/mol. The molecule has 24 heavy (non-hydrogen) atoms. The number of rotatable bonds is 7. The number of aromatic nitrogens is 2. The van der Waals surface area contributed by atoms with Crippen LogP contribution >= 0.6 is 0 Å². The summed E-state index contributed by atoms with van der Waals surface area (Å²) in [5, 5.41) is 26.2. The van der Waals surface area contributed by atoms with Gasteiger partial charge in [0.1, 0.15) is 23.9 Å². The number of anilines is 1. The van der Waals surface area contributed by atoms with Gasteiger partial charge in [-0.25, -0.2) is 4.68 Å². The smallest absolute Gasteiger partial charge is 0.129 e. The molecule has 3 aromatic rings. The van der Waals surface area contributed by atoms with Crippen LogP contribution in [0.15, 0.2) is 46.9 Å². The Morgan fingerprint density at radius 3 is 2.62 bits per heavy atom. The zero-order chi connectivity index (χ0) is 16.9. The van der Waals surface area contributed by atoms with E-state index in [4.69, 9.17) is 9.52 Å². The van der Waals surface area contributed by atoms with Crippen LogP contribution in [0, 0.1) is 6.92 Å². The maximum Gasteiger partial charge on any atom is 0.129 e. The highest BCUT2D eigenvalue weighted by atomic mass is 16.4. The standard InChI is InChI=1S/C18H21N3O3/c1-13-4-2-3-5-16(13)17-10-18(21(20-17)8-9-22)19-11-14-6-7-15(12-23)24-14/h2-7,10,19,22-23H,8-9,11-12H2,1H3. The molecule has 0 aliphatic carbocycles. The molecule has 2 aromatic heterocycles. The van der Waals surface area contributed by atoms with Gasteiger partial charge in [-0.1, -0.05) is 24.3 Å². The van der Waals surface area contributed by atoms with E-state index >= 15 is 0 Å². The van der Waals surface area contributed by atoms with Crippen molar-refractivity contribution in [2.45, 2.75) is 26.6 Å². The minimum atomic E-state index is -0.111. The average Bonchev–Trinajstić information content (AvgIpc) is 3.20. The van der Waals surface area contributed by atoms with Crippen molar-refractivity contribution in [3.05, 3.63) is 59.5 Å². The van der Waals surface area contributed by atoms with Gasteiger partial charge in [0.05, 0.1) is 25.4 Å². The molecule has 0 saturated heterocycles. The van der Waals surface area contributed by atoms with Crippen LogP contribution in [0.4, 0.5) is 5.82 Å². The second-order valence-electron chi connectivity index (χ2n) is 5.56. The number of nitrogens with one attached hydrogen (secondary N) is 1. The Hall–Kier alpha value is -2.57. The fourth-order valence-corrected chi connectivity index (χ4v) is 2.60. The number of hydrogen-bond donors (Lipinski definition) is 3. The number of benzene rings is 1. The Morgan fingerprint density at radius 2 is 1.92 bits per heavy atom. The van der Waals surface area contributed by atoms with E-state index in [0.717, 1.165) is 28.4 Å². The van der Waals surface area contributed by atoms with Gasteiger partial charge in [-0.2, -0.15) is 5.10 Å². The largest absolute Gasteiger partial charge is 0.462 e. The van der Waals surface area contributed by atoms with Crippen LogP contribution in [0.3, 0.4) is 0 Å². The molecule has 0 aliphatic rings. The molecule has 0 bridgehead atoms. The summed E-state index contributed by atoms with van der Waals surface area (Å²) in [6.45, 7) is 2.84. The molecule has 126 valence electrons. The van der Waals surface area contributed by atoms with E-state index in [1.54, 1.807) is 10.7 Å². The van der Waals surface area contributed by atoms with E-state index in [0.29, 0.717) is 18.8 Å². The minimum Gasteiger partial charge on any atom is -0.462 e. The number of aliphatic hydroxyl groups excluding tert-OH is 2. The first-order valence-corrected chi connectivity index (χ1v) is 7.88. The Labute approximate surface area is 140 Å². The third kappa shape index (κ3) is 3.50. The van der Waals surface area contributed by atoms with Crippen molar-refractivity contribution >= 4 is 5.82 Å². The second kappa shape index (κ2) is 7.33. The molecular weight excluding hydrogens is 306 g/mol. The fourth-order valence-electron chi connectivity index (χ4n) is 2.60. The van der Waals surface area contributed by atoms with Crippen molar-refractivity contribution in [2.24, 2.45) is 0 Å². The monoisotopic (exact) mass is 327 g/mol. The highest BCUT2D eigenvalue weighted by Crippen LogP contribution is 2.25. The highest BCUT2D eigenvalue weighted by Gasteiger charge is 2.11. The quantitative estimate of drug-likeness (QED) is 0.621. The SMILES string of the molecule is Cc1ccccc1-c1cc(NCc2ccc(CO)o2)n(CCO)n1. The zero-order valence-electron chi connectivity index (χ0n) is 13.6. The third-order valence-electron chi connectivity index (χ3n) is 3.83. The molecule has 6 nitrogen and oxygen atoms in total. The molecule has 0 saturated carbocycles. The zero-order valence-corrected chi connectivity index (χ0v) is 13.6. The maximum atomic E-state index is 9.26. The summed E-state index contributed by atoms with van der Waals surface area (Å²) in [6, 6.07) is 13.6. The summed E-state index contributed by atoms with van der Waals surface area (Å²) in [4.78, 5) is 0. The van der Waals surface area contributed by atoms with Gasteiger partial charge in [0, 0.05) is 11.6 Å². The normalized spacial score (nSPS) is 11.0. The Bertz CT molecular complexity index is 807. The van der Waals surface area contributed by atoms with Gasteiger partial charge in [0.25, 0.3) is 0 Å². The lowest BCUT2D eigenvalue weighted by Gasteiger charge is -2.07. The van der Waals surface area contributed by atoms with Crippen molar-refractivity contribution in [1.82, 2.24) is 9.78 Å². The van der Waals surface area contributed by atoms with E-state index < -0.39 is 0 Å². The van der Waals surface area contributed by atoms with Gasteiger partial charge in [-0.3, -0.25) is 0 Å².